The van der Waals surface area contributed by atoms with Crippen molar-refractivity contribution in [1.29, 1.82) is 0 Å². The molecule has 1 aliphatic carbocycles. The van der Waals surface area contributed by atoms with E-state index >= 15 is 0 Å². The van der Waals surface area contributed by atoms with E-state index < -0.39 is 0 Å². The largest absolute Gasteiger partial charge is 0.383 e. The number of nitrogen functional groups attached to an aromatic ring is 1. The van der Waals surface area contributed by atoms with Gasteiger partial charge in [0, 0.05) is 17.5 Å². The highest BCUT2D eigenvalue weighted by Crippen LogP contribution is 2.38. The standard InChI is InChI=1S/C13H13ClN4O/c1-6-2-8(6)13(19)18-11-4-7-3-10(14)17-12(15)9(7)5-16-11/h3-6,8H,2H2,1H3,(H2,15,17)(H,16,18,19). The summed E-state index contributed by atoms with van der Waals surface area (Å²) >= 11 is 5.86. The van der Waals surface area contributed by atoms with Crippen LogP contribution >= 0.6 is 11.6 Å². The van der Waals surface area contributed by atoms with E-state index in [1.165, 1.54) is 0 Å². The van der Waals surface area contributed by atoms with E-state index in [2.05, 4.69) is 22.2 Å². The maximum atomic E-state index is 11.8. The van der Waals surface area contributed by atoms with Crippen LogP contribution in [0, 0.1) is 11.8 Å². The van der Waals surface area contributed by atoms with Gasteiger partial charge in [0.25, 0.3) is 0 Å². The zero-order chi connectivity index (χ0) is 13.6. The molecule has 2 aromatic heterocycles. The van der Waals surface area contributed by atoms with Crippen LogP contribution in [0.3, 0.4) is 0 Å². The highest BCUT2D eigenvalue weighted by atomic mass is 35.5. The highest BCUT2D eigenvalue weighted by molar-refractivity contribution is 6.30. The van der Waals surface area contributed by atoms with E-state index in [1.54, 1.807) is 18.3 Å². The van der Waals surface area contributed by atoms with Crippen molar-refractivity contribution in [1.82, 2.24) is 9.97 Å². The van der Waals surface area contributed by atoms with Gasteiger partial charge >= 0.3 is 0 Å². The van der Waals surface area contributed by atoms with Gasteiger partial charge in [-0.1, -0.05) is 18.5 Å². The van der Waals surface area contributed by atoms with Gasteiger partial charge in [0.15, 0.2) is 0 Å². The van der Waals surface area contributed by atoms with Gasteiger partial charge < -0.3 is 11.1 Å². The predicted molar refractivity (Wildman–Crippen MR) is 74.9 cm³/mol. The van der Waals surface area contributed by atoms with E-state index in [0.29, 0.717) is 22.7 Å². The zero-order valence-corrected chi connectivity index (χ0v) is 11.1. The molecule has 19 heavy (non-hydrogen) atoms. The van der Waals surface area contributed by atoms with Crippen LogP contribution in [0.4, 0.5) is 11.6 Å². The fraction of sp³-hybridized carbons (Fsp3) is 0.308. The van der Waals surface area contributed by atoms with Gasteiger partial charge in [0.2, 0.25) is 5.91 Å². The summed E-state index contributed by atoms with van der Waals surface area (Å²) in [6.07, 6.45) is 2.54. The number of hydrogen-bond acceptors (Lipinski definition) is 4. The van der Waals surface area contributed by atoms with Crippen molar-refractivity contribution in [2.45, 2.75) is 13.3 Å². The number of anilines is 2. The third-order valence-electron chi connectivity index (χ3n) is 3.41. The van der Waals surface area contributed by atoms with Crippen LogP contribution in [-0.4, -0.2) is 15.9 Å². The number of halogens is 1. The lowest BCUT2D eigenvalue weighted by Crippen LogP contribution is -2.15. The molecule has 2 unspecified atom stereocenters. The molecule has 1 aliphatic rings. The van der Waals surface area contributed by atoms with Crippen LogP contribution in [0.1, 0.15) is 13.3 Å². The van der Waals surface area contributed by atoms with Gasteiger partial charge in [0.05, 0.1) is 0 Å². The summed E-state index contributed by atoms with van der Waals surface area (Å²) in [4.78, 5) is 20.0. The Hall–Kier alpha value is -1.88. The number of hydrogen-bond donors (Lipinski definition) is 2. The highest BCUT2D eigenvalue weighted by Gasteiger charge is 2.39. The topological polar surface area (TPSA) is 80.9 Å². The number of nitrogens with one attached hydrogen (secondary N) is 1. The van der Waals surface area contributed by atoms with Crippen LogP contribution < -0.4 is 11.1 Å². The molecule has 0 saturated heterocycles. The zero-order valence-electron chi connectivity index (χ0n) is 10.4. The molecule has 0 bridgehead atoms. The molecule has 2 heterocycles. The molecule has 2 aromatic rings. The fourth-order valence-corrected chi connectivity index (χ4v) is 2.32. The number of nitrogens with zero attached hydrogens (tertiary/aromatic N) is 2. The molecule has 0 radical (unpaired) electrons. The van der Waals surface area contributed by atoms with Crippen molar-refractivity contribution in [3.05, 3.63) is 23.5 Å². The van der Waals surface area contributed by atoms with Gasteiger partial charge in [-0.2, -0.15) is 0 Å². The summed E-state index contributed by atoms with van der Waals surface area (Å²) in [5, 5.41) is 4.67. The minimum atomic E-state index is 0.0208. The fourth-order valence-electron chi connectivity index (χ4n) is 2.11. The number of rotatable bonds is 2. The lowest BCUT2D eigenvalue weighted by atomic mass is 10.2. The Bertz CT molecular complexity index is 673. The second kappa shape index (κ2) is 4.35. The van der Waals surface area contributed by atoms with Crippen LogP contribution in [0.2, 0.25) is 5.15 Å². The predicted octanol–water partition coefficient (Wildman–Crippen LogP) is 2.46. The minimum absolute atomic E-state index is 0.0208. The number of amides is 1. The summed E-state index contributed by atoms with van der Waals surface area (Å²) in [6.45, 7) is 2.06. The quantitative estimate of drug-likeness (QED) is 0.826. The normalized spacial score (nSPS) is 21.4. The smallest absolute Gasteiger partial charge is 0.228 e. The molecule has 98 valence electrons. The number of carbonyl (C=O) groups excluding carboxylic acids is 1. The maximum absolute atomic E-state index is 11.8. The molecule has 0 spiro atoms. The summed E-state index contributed by atoms with van der Waals surface area (Å²) in [5.41, 5.74) is 5.76. The molecule has 3 rings (SSSR count). The summed E-state index contributed by atoms with van der Waals surface area (Å²) in [6, 6.07) is 3.45. The van der Waals surface area contributed by atoms with Gasteiger partial charge in [-0.25, -0.2) is 9.97 Å². The molecule has 1 fully saturated rings. The third kappa shape index (κ3) is 2.33. The van der Waals surface area contributed by atoms with Crippen molar-refractivity contribution >= 4 is 39.9 Å². The van der Waals surface area contributed by atoms with Crippen molar-refractivity contribution in [2.75, 3.05) is 11.1 Å². The second-order valence-electron chi connectivity index (χ2n) is 4.93. The van der Waals surface area contributed by atoms with E-state index in [9.17, 15) is 4.79 Å². The molecule has 3 N–H and O–H groups in total. The van der Waals surface area contributed by atoms with Crippen LogP contribution in [0.5, 0.6) is 0 Å². The van der Waals surface area contributed by atoms with Crippen molar-refractivity contribution in [3.63, 3.8) is 0 Å². The van der Waals surface area contributed by atoms with Crippen molar-refractivity contribution in [3.8, 4) is 0 Å². The van der Waals surface area contributed by atoms with Crippen LogP contribution in [-0.2, 0) is 4.79 Å². The Kier molecular flexibility index (Phi) is 2.78. The Morgan fingerprint density at radius 2 is 2.26 bits per heavy atom. The average molecular weight is 277 g/mol. The first-order chi connectivity index (χ1) is 9.04. The molecule has 5 nitrogen and oxygen atoms in total. The number of carbonyl (C=O) groups is 1. The summed E-state index contributed by atoms with van der Waals surface area (Å²) in [5.74, 6) is 1.45. The molecule has 0 aromatic carbocycles. The summed E-state index contributed by atoms with van der Waals surface area (Å²) in [7, 11) is 0. The first-order valence-electron chi connectivity index (χ1n) is 6.07. The second-order valence-corrected chi connectivity index (χ2v) is 5.32. The SMILES string of the molecule is CC1CC1C(=O)Nc1cc2cc(Cl)nc(N)c2cn1. The van der Waals surface area contributed by atoms with E-state index in [1.807, 2.05) is 0 Å². The van der Waals surface area contributed by atoms with Crippen LogP contribution in [0.25, 0.3) is 10.8 Å². The lowest BCUT2D eigenvalue weighted by molar-refractivity contribution is -0.117. The molecule has 0 aliphatic heterocycles. The van der Waals surface area contributed by atoms with Gasteiger partial charge in [-0.15, -0.1) is 0 Å². The van der Waals surface area contributed by atoms with Gasteiger partial charge in [0.1, 0.15) is 16.8 Å². The van der Waals surface area contributed by atoms with E-state index in [0.717, 1.165) is 17.2 Å². The average Bonchev–Trinajstić information content (AvgIpc) is 3.05. The monoisotopic (exact) mass is 276 g/mol. The first-order valence-corrected chi connectivity index (χ1v) is 6.45. The number of fused-ring (bicyclic) bond motifs is 1. The molecular formula is C13H13ClN4O. The lowest BCUT2D eigenvalue weighted by Gasteiger charge is -2.06. The Balaban J connectivity index is 1.91. The molecule has 2 atom stereocenters. The number of pyridine rings is 2. The van der Waals surface area contributed by atoms with Gasteiger partial charge in [-0.05, 0) is 29.9 Å². The molecular weight excluding hydrogens is 264 g/mol. The molecule has 1 amide bonds. The Morgan fingerprint density at radius 1 is 1.53 bits per heavy atom. The molecule has 1 saturated carbocycles. The van der Waals surface area contributed by atoms with Gasteiger partial charge in [-0.3, -0.25) is 4.79 Å². The first kappa shape index (κ1) is 12.2. The number of nitrogens with two attached hydrogens (primary N) is 1. The van der Waals surface area contributed by atoms with E-state index in [-0.39, 0.29) is 11.8 Å². The van der Waals surface area contributed by atoms with E-state index in [4.69, 9.17) is 17.3 Å². The third-order valence-corrected chi connectivity index (χ3v) is 3.60. The Morgan fingerprint density at radius 3 is 2.95 bits per heavy atom. The van der Waals surface area contributed by atoms with Crippen molar-refractivity contribution < 1.29 is 4.79 Å². The van der Waals surface area contributed by atoms with Crippen LogP contribution in [0.15, 0.2) is 18.3 Å². The van der Waals surface area contributed by atoms with Crippen molar-refractivity contribution in [2.24, 2.45) is 11.8 Å². The summed E-state index contributed by atoms with van der Waals surface area (Å²) < 4.78 is 0. The molecule has 6 heteroatoms. The number of aromatic nitrogens is 2. The maximum Gasteiger partial charge on any atom is 0.228 e. The Labute approximate surface area is 115 Å². The minimum Gasteiger partial charge on any atom is -0.383 e.